The molecule has 0 atom stereocenters. The molecule has 0 saturated carbocycles. The lowest BCUT2D eigenvalue weighted by molar-refractivity contribution is -0.116. The fourth-order valence-electron chi connectivity index (χ4n) is 1.82. The summed E-state index contributed by atoms with van der Waals surface area (Å²) in [4.78, 5) is 23.2. The summed E-state index contributed by atoms with van der Waals surface area (Å²) in [5.74, 6) is -3.35. The Morgan fingerprint density at radius 2 is 2.05 bits per heavy atom. The zero-order chi connectivity index (χ0) is 16.1. The van der Waals surface area contributed by atoms with Crippen molar-refractivity contribution in [1.82, 2.24) is 0 Å². The molecule has 2 rings (SSSR count). The van der Waals surface area contributed by atoms with E-state index >= 15 is 0 Å². The highest BCUT2D eigenvalue weighted by atomic mass is 32.1. The van der Waals surface area contributed by atoms with Gasteiger partial charge in [-0.1, -0.05) is 0 Å². The van der Waals surface area contributed by atoms with Gasteiger partial charge in [-0.25, -0.2) is 13.6 Å². The Morgan fingerprint density at radius 1 is 1.27 bits per heavy atom. The number of hydrogen-bond acceptors (Lipinski definition) is 4. The van der Waals surface area contributed by atoms with Crippen molar-refractivity contribution in [1.29, 1.82) is 0 Å². The maximum absolute atomic E-state index is 13.7. The van der Waals surface area contributed by atoms with E-state index in [1.54, 1.807) is 0 Å². The Labute approximate surface area is 129 Å². The second-order valence-electron chi connectivity index (χ2n) is 4.48. The Hall–Kier alpha value is -2.28. The van der Waals surface area contributed by atoms with Crippen LogP contribution in [0.2, 0.25) is 0 Å². The van der Waals surface area contributed by atoms with Gasteiger partial charge in [-0.2, -0.15) is 11.3 Å². The second-order valence-corrected chi connectivity index (χ2v) is 5.26. The van der Waals surface area contributed by atoms with Crippen molar-refractivity contribution >= 4 is 28.9 Å². The minimum atomic E-state index is -1.04. The molecule has 0 aliphatic heterocycles. The number of carbonyl (C=O) groups excluding carboxylic acids is 2. The second kappa shape index (κ2) is 7.13. The third-order valence-electron chi connectivity index (χ3n) is 2.96. The van der Waals surface area contributed by atoms with Gasteiger partial charge in [0.25, 0.3) is 0 Å². The number of halogens is 2. The molecule has 2 aromatic rings. The number of esters is 1. The van der Waals surface area contributed by atoms with Gasteiger partial charge in [0, 0.05) is 12.5 Å². The molecular weight excluding hydrogens is 312 g/mol. The maximum Gasteiger partial charge on any atom is 0.340 e. The number of thiophene rings is 1. The lowest BCUT2D eigenvalue weighted by Gasteiger charge is -2.09. The van der Waals surface area contributed by atoms with Crippen molar-refractivity contribution < 1.29 is 23.1 Å². The summed E-state index contributed by atoms with van der Waals surface area (Å²) in [6.45, 7) is 0. The summed E-state index contributed by atoms with van der Waals surface area (Å²) in [5, 5.41) is 6.15. The monoisotopic (exact) mass is 325 g/mol. The predicted molar refractivity (Wildman–Crippen MR) is 79.0 cm³/mol. The van der Waals surface area contributed by atoms with E-state index < -0.39 is 29.1 Å². The van der Waals surface area contributed by atoms with Crippen molar-refractivity contribution in [3.05, 3.63) is 51.7 Å². The molecule has 1 aromatic carbocycles. The van der Waals surface area contributed by atoms with E-state index in [-0.39, 0.29) is 12.1 Å². The summed E-state index contributed by atoms with van der Waals surface area (Å²) >= 11 is 1.52. The van der Waals surface area contributed by atoms with Crippen LogP contribution in [-0.4, -0.2) is 19.0 Å². The largest absolute Gasteiger partial charge is 0.465 e. The van der Waals surface area contributed by atoms with E-state index in [0.717, 1.165) is 18.7 Å². The van der Waals surface area contributed by atoms with Crippen molar-refractivity contribution in [3.63, 3.8) is 0 Å². The van der Waals surface area contributed by atoms with Gasteiger partial charge in [-0.3, -0.25) is 4.79 Å². The van der Waals surface area contributed by atoms with E-state index in [4.69, 9.17) is 0 Å². The molecule has 1 amide bonds. The average Bonchev–Trinajstić information content (AvgIpc) is 3.00. The predicted octanol–water partition coefficient (Wildman–Crippen LogP) is 3.38. The van der Waals surface area contributed by atoms with Crippen LogP contribution in [-0.2, 0) is 16.0 Å². The highest BCUT2D eigenvalue weighted by molar-refractivity contribution is 7.07. The Bertz CT molecular complexity index is 686. The van der Waals surface area contributed by atoms with Crippen LogP contribution in [0.4, 0.5) is 14.5 Å². The van der Waals surface area contributed by atoms with Gasteiger partial charge in [0.05, 0.1) is 18.4 Å². The van der Waals surface area contributed by atoms with Crippen LogP contribution in [0.3, 0.4) is 0 Å². The third kappa shape index (κ3) is 3.88. The number of rotatable bonds is 5. The fourth-order valence-corrected chi connectivity index (χ4v) is 2.52. The van der Waals surface area contributed by atoms with E-state index in [0.29, 0.717) is 12.5 Å². The lowest BCUT2D eigenvalue weighted by atomic mass is 10.1. The molecule has 1 heterocycles. The molecule has 0 saturated heterocycles. The van der Waals surface area contributed by atoms with Crippen molar-refractivity contribution in [2.24, 2.45) is 0 Å². The number of anilines is 1. The topological polar surface area (TPSA) is 55.4 Å². The standard InChI is InChI=1S/C15H13F2NO3S/c1-21-15(20)10-6-13(12(17)7-11(10)16)18-14(19)3-2-9-4-5-22-8-9/h4-8H,2-3H2,1H3,(H,18,19). The molecule has 0 aliphatic rings. The first-order valence-corrected chi connectivity index (χ1v) is 7.34. The van der Waals surface area contributed by atoms with Gasteiger partial charge in [0.1, 0.15) is 11.6 Å². The molecule has 7 heteroatoms. The van der Waals surface area contributed by atoms with Gasteiger partial charge in [0.2, 0.25) is 5.91 Å². The minimum Gasteiger partial charge on any atom is -0.465 e. The highest BCUT2D eigenvalue weighted by Gasteiger charge is 2.17. The first kappa shape index (κ1) is 16.1. The maximum atomic E-state index is 13.7. The van der Waals surface area contributed by atoms with Crippen LogP contribution in [0.15, 0.2) is 29.0 Å². The van der Waals surface area contributed by atoms with Crippen LogP contribution in [0.5, 0.6) is 0 Å². The number of nitrogens with one attached hydrogen (secondary N) is 1. The molecule has 116 valence electrons. The van der Waals surface area contributed by atoms with Gasteiger partial charge in [-0.15, -0.1) is 0 Å². The molecule has 0 spiro atoms. The quantitative estimate of drug-likeness (QED) is 0.858. The van der Waals surface area contributed by atoms with Crippen LogP contribution in [0.25, 0.3) is 0 Å². The van der Waals surface area contributed by atoms with Gasteiger partial charge in [-0.05, 0) is 34.9 Å². The molecular formula is C15H13F2NO3S. The third-order valence-corrected chi connectivity index (χ3v) is 3.69. The Balaban J connectivity index is 2.08. The SMILES string of the molecule is COC(=O)c1cc(NC(=O)CCc2ccsc2)c(F)cc1F. The van der Waals surface area contributed by atoms with E-state index in [1.165, 1.54) is 11.3 Å². The Morgan fingerprint density at radius 3 is 2.68 bits per heavy atom. The molecule has 0 radical (unpaired) electrons. The molecule has 0 aliphatic carbocycles. The lowest BCUT2D eigenvalue weighted by Crippen LogP contribution is -2.15. The zero-order valence-corrected chi connectivity index (χ0v) is 12.5. The van der Waals surface area contributed by atoms with Gasteiger partial charge < -0.3 is 10.1 Å². The molecule has 0 unspecified atom stereocenters. The molecule has 1 N–H and O–H groups in total. The number of benzene rings is 1. The summed E-state index contributed by atoms with van der Waals surface area (Å²) in [6, 6.07) is 3.37. The summed E-state index contributed by atoms with van der Waals surface area (Å²) in [7, 11) is 1.09. The normalized spacial score (nSPS) is 10.3. The smallest absolute Gasteiger partial charge is 0.340 e. The first-order valence-electron chi connectivity index (χ1n) is 6.39. The number of methoxy groups -OCH3 is 1. The number of ether oxygens (including phenoxy) is 1. The molecule has 0 bridgehead atoms. The molecule has 4 nitrogen and oxygen atoms in total. The number of carbonyl (C=O) groups is 2. The van der Waals surface area contributed by atoms with Gasteiger partial charge in [0.15, 0.2) is 0 Å². The van der Waals surface area contributed by atoms with E-state index in [9.17, 15) is 18.4 Å². The summed E-state index contributed by atoms with van der Waals surface area (Å²) in [6.07, 6.45) is 0.670. The van der Waals surface area contributed by atoms with Crippen LogP contribution in [0.1, 0.15) is 22.3 Å². The molecule has 22 heavy (non-hydrogen) atoms. The van der Waals surface area contributed by atoms with Crippen molar-refractivity contribution in [2.75, 3.05) is 12.4 Å². The summed E-state index contributed by atoms with van der Waals surface area (Å²) in [5.41, 5.74) is 0.323. The Kier molecular flexibility index (Phi) is 5.21. The zero-order valence-electron chi connectivity index (χ0n) is 11.7. The van der Waals surface area contributed by atoms with Crippen molar-refractivity contribution in [3.8, 4) is 0 Å². The minimum absolute atomic E-state index is 0.154. The summed E-state index contributed by atoms with van der Waals surface area (Å²) < 4.78 is 31.6. The number of aryl methyl sites for hydroxylation is 1. The first-order chi connectivity index (χ1) is 10.5. The fraction of sp³-hybridized carbons (Fsp3) is 0.200. The van der Waals surface area contributed by atoms with E-state index in [2.05, 4.69) is 10.1 Å². The van der Waals surface area contributed by atoms with Crippen LogP contribution in [0, 0.1) is 11.6 Å². The number of amides is 1. The van der Waals surface area contributed by atoms with Crippen molar-refractivity contribution in [2.45, 2.75) is 12.8 Å². The average molecular weight is 325 g/mol. The highest BCUT2D eigenvalue weighted by Crippen LogP contribution is 2.21. The van der Waals surface area contributed by atoms with E-state index in [1.807, 2.05) is 16.8 Å². The van der Waals surface area contributed by atoms with Crippen LogP contribution >= 0.6 is 11.3 Å². The molecule has 0 fully saturated rings. The van der Waals surface area contributed by atoms with Gasteiger partial charge >= 0.3 is 5.97 Å². The molecule has 1 aromatic heterocycles. The van der Waals surface area contributed by atoms with Crippen LogP contribution < -0.4 is 5.32 Å². The number of hydrogen-bond donors (Lipinski definition) is 1.